The first-order valence-corrected chi connectivity index (χ1v) is 14.3. The molecular weight excluding hydrogens is 301 g/mol. The summed E-state index contributed by atoms with van der Waals surface area (Å²) in [6.45, 7) is 2.90. The summed E-state index contributed by atoms with van der Waals surface area (Å²) < 4.78 is 0. The molecule has 3 aliphatic carbocycles. The van der Waals surface area contributed by atoms with Crippen LogP contribution in [-0.2, 0) is 0 Å². The molecule has 0 aromatic heterocycles. The second-order valence-electron chi connectivity index (χ2n) is 8.37. The van der Waals surface area contributed by atoms with Gasteiger partial charge in [-0.25, -0.2) is 0 Å². The summed E-state index contributed by atoms with van der Waals surface area (Å²) >= 11 is 0. The van der Waals surface area contributed by atoms with E-state index in [0.29, 0.717) is 0 Å². The Kier molecular flexibility index (Phi) is 8.43. The Hall–Kier alpha value is 0.607. The molecule has 0 atom stereocenters. The van der Waals surface area contributed by atoms with E-state index in [1.54, 1.807) is 77.0 Å². The van der Waals surface area contributed by atoms with Gasteiger partial charge in [0.15, 0.2) is 0 Å². The van der Waals surface area contributed by atoms with Crippen molar-refractivity contribution in [2.75, 3.05) is 6.66 Å². The van der Waals surface area contributed by atoms with Gasteiger partial charge in [-0.15, -0.1) is 0 Å². The average Bonchev–Trinajstić information content (AvgIpc) is 2.65. The predicted octanol–water partition coefficient (Wildman–Crippen LogP) is 4.59. The van der Waals surface area contributed by atoms with Gasteiger partial charge in [-0.2, -0.15) is 0 Å². The van der Waals surface area contributed by atoms with E-state index in [4.69, 9.17) is 0 Å². The summed E-state index contributed by atoms with van der Waals surface area (Å²) in [5.41, 5.74) is 3.63. The van der Waals surface area contributed by atoms with E-state index in [-0.39, 0.29) is 0 Å². The summed E-state index contributed by atoms with van der Waals surface area (Å²) in [6, 6.07) is 0. The molecule has 1 nitrogen and oxygen atoms in total. The van der Waals surface area contributed by atoms with Crippen molar-refractivity contribution in [2.24, 2.45) is 5.40 Å². The fourth-order valence-corrected chi connectivity index (χ4v) is 13.1. The van der Waals surface area contributed by atoms with Crippen LogP contribution >= 0.6 is 7.26 Å². The van der Waals surface area contributed by atoms with Gasteiger partial charge in [0.2, 0.25) is 0 Å². The summed E-state index contributed by atoms with van der Waals surface area (Å²) in [6.07, 6.45) is 23.7. The number of hydrogen-bond acceptors (Lipinski definition) is 1. The van der Waals surface area contributed by atoms with Gasteiger partial charge in [0.1, 0.15) is 0 Å². The SMILES string of the molecule is C[PH](C1CCCCC1)(C1CCCCC1)C1CCCCC1.N[SiH3]. The van der Waals surface area contributed by atoms with E-state index in [1.807, 2.05) is 0 Å². The van der Waals surface area contributed by atoms with Crippen LogP contribution in [0.3, 0.4) is 0 Å². The van der Waals surface area contributed by atoms with Crippen molar-refractivity contribution in [3.8, 4) is 0 Å². The fraction of sp³-hybridized carbons (Fsp3) is 1.00. The Morgan fingerprint density at radius 2 is 0.773 bits per heavy atom. The van der Waals surface area contributed by atoms with Crippen LogP contribution < -0.4 is 5.40 Å². The molecule has 0 aromatic carbocycles. The first kappa shape index (κ1) is 18.9. The van der Waals surface area contributed by atoms with E-state index in [0.717, 1.165) is 10.4 Å². The summed E-state index contributed by atoms with van der Waals surface area (Å²) in [7, 11) is -0.241. The van der Waals surface area contributed by atoms with Crippen LogP contribution in [0.1, 0.15) is 96.3 Å². The molecule has 0 heterocycles. The van der Waals surface area contributed by atoms with Crippen molar-refractivity contribution < 1.29 is 0 Å². The van der Waals surface area contributed by atoms with Crippen molar-refractivity contribution in [1.29, 1.82) is 0 Å². The Bertz CT molecular complexity index is 246. The maximum atomic E-state index is 4.64. The Balaban J connectivity index is 0.000000847. The molecule has 2 N–H and O–H groups in total. The zero-order valence-corrected chi connectivity index (χ0v) is 18.4. The average molecular weight is 344 g/mol. The van der Waals surface area contributed by atoms with E-state index >= 15 is 0 Å². The summed E-state index contributed by atoms with van der Waals surface area (Å²) in [5, 5.41) is 4.64. The first-order chi connectivity index (χ1) is 10.8. The maximum Gasteiger partial charge on any atom is 0.0716 e. The molecule has 0 saturated heterocycles. The second-order valence-corrected chi connectivity index (χ2v) is 13.6. The molecule has 0 aliphatic heterocycles. The molecule has 0 spiro atoms. The van der Waals surface area contributed by atoms with Crippen molar-refractivity contribution in [3.63, 3.8) is 0 Å². The molecule has 3 fully saturated rings. The number of hydrogen-bond donors (Lipinski definition) is 1. The minimum Gasteiger partial charge on any atom is -0.358 e. The molecule has 0 unspecified atom stereocenters. The largest absolute Gasteiger partial charge is 0.358 e. The monoisotopic (exact) mass is 343 g/mol. The van der Waals surface area contributed by atoms with Crippen LogP contribution in [0, 0.1) is 0 Å². The molecule has 0 radical (unpaired) electrons. The van der Waals surface area contributed by atoms with Crippen LogP contribution in [0.5, 0.6) is 0 Å². The molecule has 3 saturated carbocycles. The molecule has 3 aliphatic rings. The van der Waals surface area contributed by atoms with Gasteiger partial charge in [-0.1, -0.05) is 0 Å². The zero-order chi connectivity index (χ0) is 15.8. The number of nitrogens with two attached hydrogens (primary N) is 1. The standard InChI is InChI=1S/C19H37P.H5NSi/c1-20(17-11-5-2-6-12-17,18-13-7-3-8-14-18)19-15-9-4-10-16-19;1-2/h17-20H,2-16H2,1H3;1H2,2H3. The minimum atomic E-state index is -1.05. The topological polar surface area (TPSA) is 26.0 Å². The van der Waals surface area contributed by atoms with Crippen LogP contribution in [0.2, 0.25) is 0 Å². The van der Waals surface area contributed by atoms with Gasteiger partial charge in [0, 0.05) is 0 Å². The van der Waals surface area contributed by atoms with Gasteiger partial charge in [-0.3, -0.25) is 0 Å². The van der Waals surface area contributed by atoms with Gasteiger partial charge < -0.3 is 5.40 Å². The van der Waals surface area contributed by atoms with Crippen molar-refractivity contribution in [1.82, 2.24) is 0 Å². The molecule has 3 heteroatoms. The van der Waals surface area contributed by atoms with E-state index in [9.17, 15) is 0 Å². The second kappa shape index (κ2) is 9.79. The first-order valence-electron chi connectivity index (χ1n) is 10.4. The normalized spacial score (nSPS) is 27.2. The molecule has 22 heavy (non-hydrogen) atoms. The molecule has 3 rings (SSSR count). The van der Waals surface area contributed by atoms with Crippen molar-refractivity contribution in [2.45, 2.75) is 113 Å². The van der Waals surface area contributed by atoms with Crippen LogP contribution in [0.25, 0.3) is 0 Å². The predicted molar refractivity (Wildman–Crippen MR) is 109 cm³/mol. The van der Waals surface area contributed by atoms with Crippen molar-refractivity contribution >= 4 is 17.7 Å². The third-order valence-electron chi connectivity index (χ3n) is 7.45. The van der Waals surface area contributed by atoms with Gasteiger partial charge in [0.25, 0.3) is 0 Å². The molecule has 132 valence electrons. The van der Waals surface area contributed by atoms with Gasteiger partial charge >= 0.3 is 127 Å². The molecular formula is C19H42NPSi. The summed E-state index contributed by atoms with van der Waals surface area (Å²) in [4.78, 5) is 0. The molecule has 0 bridgehead atoms. The summed E-state index contributed by atoms with van der Waals surface area (Å²) in [5.74, 6) is 0. The van der Waals surface area contributed by atoms with Gasteiger partial charge in [-0.05, 0) is 0 Å². The van der Waals surface area contributed by atoms with E-state index in [1.165, 1.54) is 36.2 Å². The Morgan fingerprint density at radius 1 is 0.545 bits per heavy atom. The quantitative estimate of drug-likeness (QED) is 0.588. The maximum absolute atomic E-state index is 4.64. The van der Waals surface area contributed by atoms with E-state index < -0.39 is 7.26 Å². The molecule has 0 aromatic rings. The van der Waals surface area contributed by atoms with Crippen LogP contribution in [0.4, 0.5) is 0 Å². The third kappa shape index (κ3) is 4.36. The number of rotatable bonds is 3. The minimum absolute atomic E-state index is 0.806. The Labute approximate surface area is 143 Å². The smallest absolute Gasteiger partial charge is 0.0716 e. The molecule has 0 amide bonds. The van der Waals surface area contributed by atoms with Gasteiger partial charge in [0.05, 0.1) is 10.4 Å². The zero-order valence-electron chi connectivity index (χ0n) is 15.4. The van der Waals surface area contributed by atoms with E-state index in [2.05, 4.69) is 12.1 Å². The van der Waals surface area contributed by atoms with Crippen LogP contribution in [-0.4, -0.2) is 34.0 Å². The Morgan fingerprint density at radius 3 is 1.00 bits per heavy atom. The third-order valence-corrected chi connectivity index (χ3v) is 14.5. The van der Waals surface area contributed by atoms with Crippen LogP contribution in [0.15, 0.2) is 0 Å². The fourth-order valence-electron chi connectivity index (χ4n) is 6.17. The van der Waals surface area contributed by atoms with Crippen molar-refractivity contribution in [3.05, 3.63) is 0 Å².